The molecule has 0 aliphatic rings. The summed E-state index contributed by atoms with van der Waals surface area (Å²) in [6, 6.07) is 3.38. The molecule has 0 aromatic carbocycles. The van der Waals surface area contributed by atoms with E-state index in [4.69, 9.17) is 9.15 Å². The Balaban J connectivity index is 2.20. The number of carbonyl (C=O) groups excluding carboxylic acids is 1. The number of methoxy groups -OCH3 is 1. The number of ether oxygens (including phenoxy) is 2. The van der Waals surface area contributed by atoms with E-state index in [1.54, 1.807) is 12.1 Å². The fourth-order valence-electron chi connectivity index (χ4n) is 2.01. The van der Waals surface area contributed by atoms with Crippen molar-refractivity contribution in [3.05, 3.63) is 23.7 Å². The first kappa shape index (κ1) is 16.8. The second-order valence-corrected chi connectivity index (χ2v) is 4.97. The zero-order chi connectivity index (χ0) is 14.8. The number of esters is 1. The van der Waals surface area contributed by atoms with E-state index in [1.165, 1.54) is 39.2 Å². The summed E-state index contributed by atoms with van der Waals surface area (Å²) in [6.07, 6.45) is 7.32. The number of hydrogen-bond donors (Lipinski definition) is 0. The molecule has 0 spiro atoms. The Morgan fingerprint density at radius 2 is 1.90 bits per heavy atom. The van der Waals surface area contributed by atoms with E-state index in [9.17, 15) is 4.79 Å². The van der Waals surface area contributed by atoms with Crippen molar-refractivity contribution in [2.75, 3.05) is 13.7 Å². The standard InChI is InChI=1S/C16H26O4/c1-4-5-6-7-8-9-12-19-13(2)14-10-11-15(20-14)16(17)18-3/h10-11,13H,4-9,12H2,1-3H3. The van der Waals surface area contributed by atoms with Crippen LogP contribution in [-0.4, -0.2) is 19.7 Å². The first-order chi connectivity index (χ1) is 9.69. The first-order valence-corrected chi connectivity index (χ1v) is 7.48. The lowest BCUT2D eigenvalue weighted by Gasteiger charge is -2.10. The summed E-state index contributed by atoms with van der Waals surface area (Å²) in [7, 11) is 1.34. The van der Waals surface area contributed by atoms with E-state index in [1.807, 2.05) is 6.92 Å². The Morgan fingerprint density at radius 3 is 2.60 bits per heavy atom. The summed E-state index contributed by atoms with van der Waals surface area (Å²) in [5.74, 6) is 0.424. The molecule has 0 fully saturated rings. The molecule has 0 amide bonds. The molecule has 1 unspecified atom stereocenters. The van der Waals surface area contributed by atoms with Crippen molar-refractivity contribution >= 4 is 5.97 Å². The topological polar surface area (TPSA) is 48.7 Å². The van der Waals surface area contributed by atoms with E-state index in [-0.39, 0.29) is 11.9 Å². The first-order valence-electron chi connectivity index (χ1n) is 7.48. The van der Waals surface area contributed by atoms with Gasteiger partial charge in [0.05, 0.1) is 7.11 Å². The molecule has 0 bridgehead atoms. The highest BCUT2D eigenvalue weighted by atomic mass is 16.5. The normalized spacial score (nSPS) is 12.3. The van der Waals surface area contributed by atoms with Crippen LogP contribution < -0.4 is 0 Å². The van der Waals surface area contributed by atoms with Crippen molar-refractivity contribution in [2.45, 2.75) is 58.5 Å². The van der Waals surface area contributed by atoms with Crippen molar-refractivity contribution in [1.29, 1.82) is 0 Å². The van der Waals surface area contributed by atoms with Gasteiger partial charge in [0.15, 0.2) is 0 Å². The lowest BCUT2D eigenvalue weighted by Crippen LogP contribution is -2.02. The van der Waals surface area contributed by atoms with Crippen LogP contribution in [0.15, 0.2) is 16.5 Å². The van der Waals surface area contributed by atoms with Crippen LogP contribution in [0.3, 0.4) is 0 Å². The zero-order valence-corrected chi connectivity index (χ0v) is 12.8. The maximum atomic E-state index is 11.3. The van der Waals surface area contributed by atoms with Crippen LogP contribution in [0, 0.1) is 0 Å². The molecule has 4 nitrogen and oxygen atoms in total. The molecule has 1 aromatic heterocycles. The molecule has 0 N–H and O–H groups in total. The molecular formula is C16H26O4. The largest absolute Gasteiger partial charge is 0.463 e. The lowest BCUT2D eigenvalue weighted by molar-refractivity contribution is 0.0430. The molecule has 1 atom stereocenters. The van der Waals surface area contributed by atoms with E-state index in [0.717, 1.165) is 13.0 Å². The molecule has 114 valence electrons. The van der Waals surface area contributed by atoms with Crippen molar-refractivity contribution in [1.82, 2.24) is 0 Å². The van der Waals surface area contributed by atoms with E-state index >= 15 is 0 Å². The Morgan fingerprint density at radius 1 is 1.20 bits per heavy atom. The van der Waals surface area contributed by atoms with Gasteiger partial charge >= 0.3 is 5.97 Å². The Hall–Kier alpha value is -1.29. The van der Waals surface area contributed by atoms with Gasteiger partial charge in [0.25, 0.3) is 0 Å². The molecule has 0 radical (unpaired) electrons. The molecule has 1 heterocycles. The number of hydrogen-bond acceptors (Lipinski definition) is 4. The van der Waals surface area contributed by atoms with Gasteiger partial charge in [-0.1, -0.05) is 39.0 Å². The maximum absolute atomic E-state index is 11.3. The summed E-state index contributed by atoms with van der Waals surface area (Å²) in [6.45, 7) is 4.87. The highest BCUT2D eigenvalue weighted by molar-refractivity contribution is 5.86. The lowest BCUT2D eigenvalue weighted by atomic mass is 10.1. The highest BCUT2D eigenvalue weighted by Crippen LogP contribution is 2.20. The summed E-state index contributed by atoms with van der Waals surface area (Å²) in [5, 5.41) is 0. The van der Waals surface area contributed by atoms with Gasteiger partial charge in [-0.25, -0.2) is 4.79 Å². The summed E-state index contributed by atoms with van der Waals surface area (Å²) in [4.78, 5) is 11.3. The molecular weight excluding hydrogens is 256 g/mol. The van der Waals surface area contributed by atoms with Gasteiger partial charge in [-0.15, -0.1) is 0 Å². The molecule has 0 saturated carbocycles. The van der Waals surface area contributed by atoms with Gasteiger partial charge in [0.2, 0.25) is 5.76 Å². The summed E-state index contributed by atoms with van der Waals surface area (Å²) >= 11 is 0. The van der Waals surface area contributed by atoms with Crippen molar-refractivity contribution in [3.8, 4) is 0 Å². The Kier molecular flexibility index (Phi) is 8.04. The van der Waals surface area contributed by atoms with Crippen molar-refractivity contribution in [3.63, 3.8) is 0 Å². The number of carbonyl (C=O) groups is 1. The molecule has 4 heteroatoms. The molecule has 1 aromatic rings. The fraction of sp³-hybridized carbons (Fsp3) is 0.688. The quantitative estimate of drug-likeness (QED) is 0.468. The summed E-state index contributed by atoms with van der Waals surface area (Å²) in [5.41, 5.74) is 0. The second-order valence-electron chi connectivity index (χ2n) is 4.97. The van der Waals surface area contributed by atoms with Crippen LogP contribution in [0.1, 0.15) is 74.8 Å². The van der Waals surface area contributed by atoms with Crippen LogP contribution in [-0.2, 0) is 9.47 Å². The Labute approximate surface area is 121 Å². The number of furan rings is 1. The molecule has 0 aliphatic heterocycles. The maximum Gasteiger partial charge on any atom is 0.373 e. The third kappa shape index (κ3) is 5.78. The van der Waals surface area contributed by atoms with Gasteiger partial charge in [-0.3, -0.25) is 0 Å². The van der Waals surface area contributed by atoms with Gasteiger partial charge in [0, 0.05) is 6.61 Å². The third-order valence-electron chi connectivity index (χ3n) is 3.28. The number of unbranched alkanes of at least 4 members (excludes halogenated alkanes) is 5. The van der Waals surface area contributed by atoms with E-state index in [0.29, 0.717) is 5.76 Å². The van der Waals surface area contributed by atoms with Crippen molar-refractivity contribution < 1.29 is 18.7 Å². The van der Waals surface area contributed by atoms with Gasteiger partial charge < -0.3 is 13.9 Å². The highest BCUT2D eigenvalue weighted by Gasteiger charge is 2.15. The molecule has 0 aliphatic carbocycles. The second kappa shape index (κ2) is 9.59. The van der Waals surface area contributed by atoms with E-state index < -0.39 is 5.97 Å². The monoisotopic (exact) mass is 282 g/mol. The SMILES string of the molecule is CCCCCCCCOC(C)c1ccc(C(=O)OC)o1. The minimum Gasteiger partial charge on any atom is -0.463 e. The van der Waals surface area contributed by atoms with Gasteiger partial charge in [-0.05, 0) is 25.5 Å². The minimum absolute atomic E-state index is 0.135. The number of rotatable bonds is 10. The average molecular weight is 282 g/mol. The van der Waals surface area contributed by atoms with Crippen LogP contribution >= 0.6 is 0 Å². The zero-order valence-electron chi connectivity index (χ0n) is 12.8. The van der Waals surface area contributed by atoms with Crippen molar-refractivity contribution in [2.24, 2.45) is 0 Å². The van der Waals surface area contributed by atoms with E-state index in [2.05, 4.69) is 11.7 Å². The fourth-order valence-corrected chi connectivity index (χ4v) is 2.01. The van der Waals surface area contributed by atoms with Crippen LogP contribution in [0.5, 0.6) is 0 Å². The predicted octanol–water partition coefficient (Wildman–Crippen LogP) is 4.50. The van der Waals surface area contributed by atoms with Crippen LogP contribution in [0.4, 0.5) is 0 Å². The minimum atomic E-state index is -0.459. The third-order valence-corrected chi connectivity index (χ3v) is 3.28. The smallest absolute Gasteiger partial charge is 0.373 e. The van der Waals surface area contributed by atoms with Gasteiger partial charge in [-0.2, -0.15) is 0 Å². The molecule has 0 saturated heterocycles. The molecule has 20 heavy (non-hydrogen) atoms. The van der Waals surface area contributed by atoms with Gasteiger partial charge in [0.1, 0.15) is 11.9 Å². The Bertz CT molecular complexity index is 384. The van der Waals surface area contributed by atoms with Crippen LogP contribution in [0.25, 0.3) is 0 Å². The summed E-state index contributed by atoms with van der Waals surface area (Å²) < 4.78 is 15.7. The van der Waals surface area contributed by atoms with Crippen LogP contribution in [0.2, 0.25) is 0 Å². The average Bonchev–Trinajstić information content (AvgIpc) is 2.95. The molecule has 1 rings (SSSR count). The predicted molar refractivity (Wildman–Crippen MR) is 77.8 cm³/mol.